The van der Waals surface area contributed by atoms with Crippen molar-refractivity contribution in [3.05, 3.63) is 510 Å². The van der Waals surface area contributed by atoms with Crippen molar-refractivity contribution in [3.63, 3.8) is 0 Å². The van der Waals surface area contributed by atoms with Crippen molar-refractivity contribution >= 4 is 216 Å². The molecule has 0 fully saturated rings. The van der Waals surface area contributed by atoms with E-state index in [1.807, 2.05) is 45.3 Å². The third-order valence-electron chi connectivity index (χ3n) is 26.5. The first kappa shape index (κ1) is 81.4. The summed E-state index contributed by atoms with van der Waals surface area (Å²) in [6.45, 7) is 0. The lowest BCUT2D eigenvalue weighted by atomic mass is 9.99. The Kier molecular flexibility index (Phi) is 21.1. The van der Waals surface area contributed by atoms with Crippen LogP contribution in [0.25, 0.3) is 169 Å². The van der Waals surface area contributed by atoms with Gasteiger partial charge in [-0.1, -0.05) is 340 Å². The molecular formula is C128H84N4S4. The minimum absolute atomic E-state index is 1.10. The first-order valence-corrected chi connectivity index (χ1v) is 49.4. The third-order valence-corrected chi connectivity index (χ3v) is 31.1. The summed E-state index contributed by atoms with van der Waals surface area (Å²) >= 11 is 7.44. The van der Waals surface area contributed by atoms with Gasteiger partial charge in [0.15, 0.2) is 0 Å². The fraction of sp³-hybridized carbons (Fsp3) is 0. The molecule has 0 atom stereocenters. The topological polar surface area (TPSA) is 13.0 Å². The summed E-state index contributed by atoms with van der Waals surface area (Å²) in [4.78, 5) is 9.63. The van der Waals surface area contributed by atoms with Crippen LogP contribution in [0.5, 0.6) is 0 Å². The van der Waals surface area contributed by atoms with Gasteiger partial charge in [0, 0.05) is 148 Å². The number of benzene rings is 22. The molecule has 136 heavy (non-hydrogen) atoms. The van der Waals surface area contributed by atoms with Crippen LogP contribution in [0.3, 0.4) is 0 Å². The number of thiophene rings is 4. The first-order chi connectivity index (χ1) is 67.4. The van der Waals surface area contributed by atoms with Gasteiger partial charge in [-0.15, -0.1) is 45.3 Å². The van der Waals surface area contributed by atoms with Crippen LogP contribution in [-0.2, 0) is 0 Å². The Morgan fingerprint density at radius 2 is 0.294 bits per heavy atom. The van der Waals surface area contributed by atoms with Gasteiger partial charge in [0.25, 0.3) is 0 Å². The normalized spacial score (nSPS) is 11.5. The molecule has 0 aliphatic rings. The predicted molar refractivity (Wildman–Crippen MR) is 591 cm³/mol. The number of hydrogen-bond acceptors (Lipinski definition) is 8. The highest BCUT2D eigenvalue weighted by atomic mass is 32.1. The van der Waals surface area contributed by atoms with Crippen molar-refractivity contribution in [1.82, 2.24) is 0 Å². The summed E-state index contributed by atoms with van der Waals surface area (Å²) in [5.41, 5.74) is 27.7. The largest absolute Gasteiger partial charge is 0.310 e. The summed E-state index contributed by atoms with van der Waals surface area (Å²) in [6.07, 6.45) is 0. The third kappa shape index (κ3) is 15.2. The van der Waals surface area contributed by atoms with E-state index >= 15 is 0 Å². The molecule has 0 amide bonds. The van der Waals surface area contributed by atoms with Crippen molar-refractivity contribution in [3.8, 4) is 66.8 Å². The van der Waals surface area contributed by atoms with E-state index in [9.17, 15) is 0 Å². The summed E-state index contributed by atoms with van der Waals surface area (Å²) < 4.78 is 10.4. The summed E-state index contributed by atoms with van der Waals surface area (Å²) in [6, 6.07) is 186. The van der Waals surface area contributed by atoms with E-state index in [1.165, 1.54) is 158 Å². The molecule has 0 unspecified atom stereocenters. The van der Waals surface area contributed by atoms with Gasteiger partial charge in [-0.25, -0.2) is 0 Å². The van der Waals surface area contributed by atoms with Crippen LogP contribution in [0.1, 0.15) is 0 Å². The second-order valence-corrected chi connectivity index (χ2v) is 38.9. The lowest BCUT2D eigenvalue weighted by molar-refractivity contribution is 1.29. The Balaban J connectivity index is 0.000000146. The van der Waals surface area contributed by atoms with Crippen LogP contribution in [-0.4, -0.2) is 0 Å². The number of anilines is 12. The molecule has 4 aromatic heterocycles. The highest BCUT2D eigenvalue weighted by molar-refractivity contribution is 7.27. The van der Waals surface area contributed by atoms with Crippen LogP contribution in [0.2, 0.25) is 0 Å². The SMILES string of the molecule is c1ccc(-c2ccc(N(c3ccc(-c4ccc(N(c5ccc(-c6ccccc6)cc5)c5cc6sc7ccccc7c6c6ccccc56)cc4)cc3)c3cc4sc5ccccc5c4c4ccccc34)cc2)cc1.c1ccc(-c2ccc(N(c3ccc(-c4ccc(N(c5ccc(-c6ccccc6)cc5)c5ccc6sc7ccccc7c6c5)cc4)cc3)c3ccc4sc5ccccc5c4c3)cc2)cc1. The maximum atomic E-state index is 2.44. The summed E-state index contributed by atoms with van der Waals surface area (Å²) in [5, 5.41) is 15.4. The maximum Gasteiger partial charge on any atom is 0.0554 e. The number of fused-ring (bicyclic) bond motifs is 16. The Labute approximate surface area is 805 Å². The molecule has 0 radical (unpaired) electrons. The minimum Gasteiger partial charge on any atom is -0.310 e. The molecule has 0 spiro atoms. The average molecular weight is 1810 g/mol. The van der Waals surface area contributed by atoms with Gasteiger partial charge in [-0.2, -0.15) is 0 Å². The van der Waals surface area contributed by atoms with Gasteiger partial charge in [0.2, 0.25) is 0 Å². The zero-order chi connectivity index (χ0) is 89.9. The molecule has 4 nitrogen and oxygen atoms in total. The monoisotopic (exact) mass is 1800 g/mol. The van der Waals surface area contributed by atoms with Crippen molar-refractivity contribution in [2.24, 2.45) is 0 Å². The van der Waals surface area contributed by atoms with Gasteiger partial charge in [0.05, 0.1) is 11.4 Å². The van der Waals surface area contributed by atoms with E-state index in [2.05, 4.69) is 529 Å². The second kappa shape index (κ2) is 35.2. The maximum absolute atomic E-state index is 2.44. The molecule has 0 saturated carbocycles. The van der Waals surface area contributed by atoms with Crippen LogP contribution in [0, 0.1) is 0 Å². The van der Waals surface area contributed by atoms with E-state index in [-0.39, 0.29) is 0 Å². The zero-order valence-corrected chi connectivity index (χ0v) is 77.2. The van der Waals surface area contributed by atoms with Crippen molar-refractivity contribution in [2.45, 2.75) is 0 Å². The van der Waals surface area contributed by atoms with Gasteiger partial charge in [-0.3, -0.25) is 0 Å². The molecule has 8 heteroatoms. The fourth-order valence-corrected chi connectivity index (χ4v) is 24.4. The predicted octanol–water partition coefficient (Wildman–Crippen LogP) is 39.0. The highest BCUT2D eigenvalue weighted by Crippen LogP contribution is 2.52. The van der Waals surface area contributed by atoms with Crippen molar-refractivity contribution < 1.29 is 0 Å². The lowest BCUT2D eigenvalue weighted by Crippen LogP contribution is -2.11. The van der Waals surface area contributed by atoms with Crippen molar-refractivity contribution in [2.75, 3.05) is 19.6 Å². The molecule has 26 rings (SSSR count). The molecule has 0 saturated heterocycles. The molecule has 640 valence electrons. The van der Waals surface area contributed by atoms with Gasteiger partial charge in [0.1, 0.15) is 0 Å². The van der Waals surface area contributed by atoms with Crippen LogP contribution in [0.15, 0.2) is 510 Å². The Morgan fingerprint density at radius 1 is 0.110 bits per heavy atom. The van der Waals surface area contributed by atoms with Crippen molar-refractivity contribution in [1.29, 1.82) is 0 Å². The van der Waals surface area contributed by atoms with E-state index in [0.29, 0.717) is 0 Å². The molecule has 0 aliphatic heterocycles. The average Bonchev–Trinajstić information content (AvgIpc) is 1.53. The van der Waals surface area contributed by atoms with Crippen LogP contribution >= 0.6 is 45.3 Å². The Morgan fingerprint density at radius 3 is 0.559 bits per heavy atom. The smallest absolute Gasteiger partial charge is 0.0554 e. The van der Waals surface area contributed by atoms with Gasteiger partial charge >= 0.3 is 0 Å². The quantitative estimate of drug-likeness (QED) is 0.0849. The number of hydrogen-bond donors (Lipinski definition) is 0. The molecule has 22 aromatic carbocycles. The highest BCUT2D eigenvalue weighted by Gasteiger charge is 2.26. The van der Waals surface area contributed by atoms with E-state index in [0.717, 1.165) is 79.4 Å². The number of nitrogens with zero attached hydrogens (tertiary/aromatic N) is 4. The standard InChI is InChI=1S/C68H44N2S2.C60H40N2S2/c1-3-15-45(16-4-1)47-27-35-51(36-28-47)69(61-43-65-67(57-21-9-7-19-55(57)61)59-23-11-13-25-63(59)71-65)53-39-31-49(32-40-53)50-33-41-54(42-34-50)70(52-37-29-48(30-38-52)46-17-5-2-6-18-46)62-44-66-68(58-22-10-8-20-56(58)62)60-24-12-14-26-64(60)72-66;1-3-11-41(12-4-1)43-19-27-47(28-20-43)61(51-35-37-59-55(39-51)53-15-7-9-17-57(53)63-59)49-31-23-45(24-32-49)46-25-33-50(34-26-46)62(48-29-21-44(22-30-48)42-13-5-2-6-14-42)52-36-38-60-56(40-52)54-16-8-10-18-58(54)64-60/h1-44H;1-40H. The minimum atomic E-state index is 1.10. The molecule has 0 aliphatic carbocycles. The Bertz CT molecular complexity index is 8390. The Hall–Kier alpha value is -16.6. The second-order valence-electron chi connectivity index (χ2n) is 34.6. The van der Waals surface area contributed by atoms with E-state index < -0.39 is 0 Å². The van der Waals surface area contributed by atoms with Gasteiger partial charge < -0.3 is 19.6 Å². The molecule has 0 N–H and O–H groups in total. The van der Waals surface area contributed by atoms with Gasteiger partial charge in [-0.05, 0) is 247 Å². The van der Waals surface area contributed by atoms with Crippen LogP contribution < -0.4 is 19.6 Å². The van der Waals surface area contributed by atoms with E-state index in [4.69, 9.17) is 0 Å². The van der Waals surface area contributed by atoms with E-state index in [1.54, 1.807) is 0 Å². The van der Waals surface area contributed by atoms with Crippen LogP contribution in [0.4, 0.5) is 68.2 Å². The molecule has 26 aromatic rings. The fourth-order valence-electron chi connectivity index (χ4n) is 19.9. The molecule has 4 heterocycles. The first-order valence-electron chi connectivity index (χ1n) is 46.1. The zero-order valence-electron chi connectivity index (χ0n) is 73.9. The lowest BCUT2D eigenvalue weighted by Gasteiger charge is -2.28. The number of rotatable bonds is 18. The molecule has 0 bridgehead atoms. The summed E-state index contributed by atoms with van der Waals surface area (Å²) in [5.74, 6) is 0. The molecular weight excluding hydrogens is 1720 g/mol. The summed E-state index contributed by atoms with van der Waals surface area (Å²) in [7, 11) is 0.